The molecule has 8 nitrogen and oxygen atoms in total. The normalized spacial score (nSPS) is 11.3. The van der Waals surface area contributed by atoms with Gasteiger partial charge in [-0.15, -0.1) is 5.10 Å². The second-order valence-electron chi connectivity index (χ2n) is 6.38. The van der Waals surface area contributed by atoms with Gasteiger partial charge in [-0.2, -0.15) is 0 Å². The van der Waals surface area contributed by atoms with E-state index < -0.39 is 11.2 Å². The summed E-state index contributed by atoms with van der Waals surface area (Å²) in [5.74, 6) is 0. The van der Waals surface area contributed by atoms with Crippen LogP contribution in [0, 0.1) is 0 Å². The maximum atomic E-state index is 12.4. The molecule has 0 aliphatic carbocycles. The lowest BCUT2D eigenvalue weighted by atomic mass is 10.1. The molecule has 10 heteroatoms. The SMILES string of the molecule is CCn1c(=O)n(O)c(=O)c2cc(-c3cn(Cc4c(Cl)cccc4Cl)nn3)ccc21. The summed E-state index contributed by atoms with van der Waals surface area (Å²) in [5.41, 5.74) is 0.737. The quantitative estimate of drug-likeness (QED) is 0.501. The molecular weight excluding hydrogens is 417 g/mol. The molecule has 4 rings (SSSR count). The standard InChI is InChI=1S/C19H15Cl2N5O3/c1-2-25-17-7-6-11(8-12(17)18(27)26(29)19(25)28)16-10-24(23-22-16)9-13-14(20)4-3-5-15(13)21/h3-8,10,29H,2,9H2,1H3. The van der Waals surface area contributed by atoms with Crippen LogP contribution in [-0.4, -0.2) is 29.5 Å². The monoisotopic (exact) mass is 431 g/mol. The fourth-order valence-corrected chi connectivity index (χ4v) is 3.70. The maximum Gasteiger partial charge on any atom is 0.364 e. The van der Waals surface area contributed by atoms with Crippen molar-refractivity contribution >= 4 is 34.1 Å². The molecule has 0 atom stereocenters. The van der Waals surface area contributed by atoms with Gasteiger partial charge < -0.3 is 5.21 Å². The Labute approximate surface area is 174 Å². The molecule has 0 aliphatic rings. The van der Waals surface area contributed by atoms with Crippen molar-refractivity contribution in [1.29, 1.82) is 0 Å². The van der Waals surface area contributed by atoms with E-state index in [0.29, 0.717) is 39.9 Å². The summed E-state index contributed by atoms with van der Waals surface area (Å²) < 4.78 is 3.02. The Balaban J connectivity index is 1.77. The van der Waals surface area contributed by atoms with Crippen LogP contribution in [0.5, 0.6) is 0 Å². The van der Waals surface area contributed by atoms with E-state index in [1.54, 1.807) is 54.2 Å². The van der Waals surface area contributed by atoms with Crippen LogP contribution >= 0.6 is 23.2 Å². The van der Waals surface area contributed by atoms with Gasteiger partial charge in [0.05, 0.1) is 23.6 Å². The summed E-state index contributed by atoms with van der Waals surface area (Å²) >= 11 is 12.4. The Morgan fingerprint density at radius 2 is 1.83 bits per heavy atom. The number of hydrogen-bond donors (Lipinski definition) is 1. The largest absolute Gasteiger partial charge is 0.421 e. The predicted molar refractivity (Wildman–Crippen MR) is 110 cm³/mol. The summed E-state index contributed by atoms with van der Waals surface area (Å²) in [5, 5.41) is 19.3. The van der Waals surface area contributed by atoms with Crippen LogP contribution in [-0.2, 0) is 13.1 Å². The van der Waals surface area contributed by atoms with Crippen molar-refractivity contribution < 1.29 is 5.21 Å². The number of nitrogens with zero attached hydrogens (tertiary/aromatic N) is 5. The van der Waals surface area contributed by atoms with E-state index >= 15 is 0 Å². The fraction of sp³-hybridized carbons (Fsp3) is 0.158. The first-order chi connectivity index (χ1) is 13.9. The molecule has 0 bridgehead atoms. The average Bonchev–Trinajstić information content (AvgIpc) is 3.18. The number of benzene rings is 2. The minimum atomic E-state index is -0.785. The van der Waals surface area contributed by atoms with E-state index in [-0.39, 0.29) is 10.1 Å². The Bertz CT molecular complexity index is 1340. The number of hydrogen-bond acceptors (Lipinski definition) is 5. The topological polar surface area (TPSA) is 94.9 Å². The minimum Gasteiger partial charge on any atom is -0.421 e. The summed E-state index contributed by atoms with van der Waals surface area (Å²) in [6, 6.07) is 10.2. The molecule has 0 saturated heterocycles. The predicted octanol–water partition coefficient (Wildman–Crippen LogP) is 3.03. The molecule has 29 heavy (non-hydrogen) atoms. The van der Waals surface area contributed by atoms with Gasteiger partial charge in [0.2, 0.25) is 0 Å². The molecule has 0 radical (unpaired) electrons. The zero-order valence-corrected chi connectivity index (χ0v) is 16.7. The van der Waals surface area contributed by atoms with Gasteiger partial charge in [-0.25, -0.2) is 9.48 Å². The third-order valence-electron chi connectivity index (χ3n) is 4.65. The smallest absolute Gasteiger partial charge is 0.364 e. The van der Waals surface area contributed by atoms with Crippen LogP contribution in [0.1, 0.15) is 12.5 Å². The molecule has 0 saturated carbocycles. The third-order valence-corrected chi connectivity index (χ3v) is 5.36. The van der Waals surface area contributed by atoms with Gasteiger partial charge in [0.25, 0.3) is 5.56 Å². The van der Waals surface area contributed by atoms with E-state index in [1.807, 2.05) is 0 Å². The second-order valence-corrected chi connectivity index (χ2v) is 7.19. The van der Waals surface area contributed by atoms with Crippen LogP contribution in [0.2, 0.25) is 10.0 Å². The third kappa shape index (κ3) is 3.30. The summed E-state index contributed by atoms with van der Waals surface area (Å²) in [4.78, 5) is 24.4. The van der Waals surface area contributed by atoms with Crippen LogP contribution in [0.4, 0.5) is 0 Å². The highest BCUT2D eigenvalue weighted by atomic mass is 35.5. The Kier molecular flexibility index (Phi) is 4.89. The Morgan fingerprint density at radius 1 is 1.10 bits per heavy atom. The van der Waals surface area contributed by atoms with Gasteiger partial charge in [-0.1, -0.05) is 45.3 Å². The minimum absolute atomic E-state index is 0.117. The number of fused-ring (bicyclic) bond motifs is 1. The van der Waals surface area contributed by atoms with E-state index in [1.165, 1.54) is 4.57 Å². The highest BCUT2D eigenvalue weighted by Gasteiger charge is 2.14. The van der Waals surface area contributed by atoms with Crippen molar-refractivity contribution in [2.45, 2.75) is 20.0 Å². The van der Waals surface area contributed by atoms with Crippen molar-refractivity contribution in [3.63, 3.8) is 0 Å². The molecule has 0 fully saturated rings. The van der Waals surface area contributed by atoms with Crippen LogP contribution in [0.3, 0.4) is 0 Å². The maximum absolute atomic E-state index is 12.4. The number of halogens is 2. The highest BCUT2D eigenvalue weighted by Crippen LogP contribution is 2.26. The van der Waals surface area contributed by atoms with Gasteiger partial charge >= 0.3 is 5.69 Å². The van der Waals surface area contributed by atoms with Crippen LogP contribution in [0.15, 0.2) is 52.2 Å². The van der Waals surface area contributed by atoms with Crippen molar-refractivity contribution in [2.24, 2.45) is 0 Å². The summed E-state index contributed by atoms with van der Waals surface area (Å²) in [6.07, 6.45) is 1.70. The van der Waals surface area contributed by atoms with Gasteiger partial charge in [0.15, 0.2) is 0 Å². The first kappa shape index (κ1) is 19.2. The van der Waals surface area contributed by atoms with E-state index in [2.05, 4.69) is 10.3 Å². The molecule has 0 amide bonds. The molecule has 0 unspecified atom stereocenters. The molecule has 2 aromatic carbocycles. The van der Waals surface area contributed by atoms with Crippen molar-refractivity contribution in [2.75, 3.05) is 0 Å². The zero-order chi connectivity index (χ0) is 20.7. The highest BCUT2D eigenvalue weighted by molar-refractivity contribution is 6.35. The molecule has 1 N–H and O–H groups in total. The second kappa shape index (κ2) is 7.38. The van der Waals surface area contributed by atoms with Crippen molar-refractivity contribution in [3.8, 4) is 11.3 Å². The van der Waals surface area contributed by atoms with E-state index in [0.717, 1.165) is 5.56 Å². The zero-order valence-electron chi connectivity index (χ0n) is 15.2. The molecular formula is C19H15Cl2N5O3. The van der Waals surface area contributed by atoms with E-state index in [9.17, 15) is 14.8 Å². The van der Waals surface area contributed by atoms with Crippen molar-refractivity contribution in [1.82, 2.24) is 24.3 Å². The Hall–Kier alpha value is -3.10. The van der Waals surface area contributed by atoms with E-state index in [4.69, 9.17) is 23.2 Å². The first-order valence-electron chi connectivity index (χ1n) is 8.73. The molecule has 148 valence electrons. The van der Waals surface area contributed by atoms with Gasteiger partial charge in [0, 0.05) is 27.7 Å². The average molecular weight is 432 g/mol. The lowest BCUT2D eigenvalue weighted by Gasteiger charge is -2.09. The molecule has 4 aromatic rings. The summed E-state index contributed by atoms with van der Waals surface area (Å²) in [7, 11) is 0. The fourth-order valence-electron chi connectivity index (χ4n) is 3.18. The number of aromatic nitrogens is 5. The molecule has 0 aliphatic heterocycles. The number of rotatable bonds is 4. The molecule has 2 aromatic heterocycles. The lowest BCUT2D eigenvalue weighted by molar-refractivity contribution is 0.157. The molecule has 2 heterocycles. The number of aryl methyl sites for hydroxylation is 1. The lowest BCUT2D eigenvalue weighted by Crippen LogP contribution is -2.38. The summed E-state index contributed by atoms with van der Waals surface area (Å²) in [6.45, 7) is 2.40. The first-order valence-corrected chi connectivity index (χ1v) is 9.48. The van der Waals surface area contributed by atoms with Crippen LogP contribution < -0.4 is 11.2 Å². The van der Waals surface area contributed by atoms with Crippen molar-refractivity contribution in [3.05, 3.63) is 79.0 Å². The van der Waals surface area contributed by atoms with Crippen LogP contribution in [0.25, 0.3) is 22.2 Å². The molecule has 0 spiro atoms. The van der Waals surface area contributed by atoms with Gasteiger partial charge in [-0.05, 0) is 31.2 Å². The Morgan fingerprint density at radius 3 is 2.52 bits per heavy atom. The van der Waals surface area contributed by atoms with Gasteiger partial charge in [0.1, 0.15) is 5.69 Å². The van der Waals surface area contributed by atoms with Gasteiger partial charge in [-0.3, -0.25) is 9.36 Å².